The van der Waals surface area contributed by atoms with Gasteiger partial charge in [-0.1, -0.05) is 13.8 Å². The van der Waals surface area contributed by atoms with Crippen molar-refractivity contribution in [3.8, 4) is 11.3 Å². The Bertz CT molecular complexity index is 1180. The molecule has 1 amide bonds. The fraction of sp³-hybridized carbons (Fsp3) is 0.360. The van der Waals surface area contributed by atoms with Crippen LogP contribution in [0.5, 0.6) is 0 Å². The van der Waals surface area contributed by atoms with Gasteiger partial charge >= 0.3 is 6.18 Å². The van der Waals surface area contributed by atoms with Gasteiger partial charge in [0.2, 0.25) is 6.41 Å². The molecule has 4 rings (SSSR count). The molecule has 0 saturated carbocycles. The van der Waals surface area contributed by atoms with Crippen molar-refractivity contribution in [3.05, 3.63) is 72.2 Å². The quantitative estimate of drug-likeness (QED) is 0.336. The monoisotopic (exact) mass is 557 g/mol. The molecule has 1 saturated heterocycles. The molecule has 1 fully saturated rings. The topological polar surface area (TPSA) is 88.1 Å². The Labute approximate surface area is 220 Å². The Balaban J connectivity index is 0.000000256. The number of alkyl halides is 4. The minimum Gasteiger partial charge on any atom is -0.353 e. The third-order valence-corrected chi connectivity index (χ3v) is 6.89. The van der Waals surface area contributed by atoms with E-state index in [4.69, 9.17) is 0 Å². The second-order valence-electron chi connectivity index (χ2n) is 7.71. The molecule has 0 bridgehead atoms. The number of halogens is 5. The highest BCUT2D eigenvalue weighted by molar-refractivity contribution is 7.82. The van der Waals surface area contributed by atoms with E-state index in [0.717, 1.165) is 12.3 Å². The zero-order valence-corrected chi connectivity index (χ0v) is 21.8. The molecule has 38 heavy (non-hydrogen) atoms. The van der Waals surface area contributed by atoms with Gasteiger partial charge in [0, 0.05) is 18.3 Å². The molecule has 13 heteroatoms. The van der Waals surface area contributed by atoms with Crippen molar-refractivity contribution >= 4 is 17.4 Å². The number of carbonyl (C=O) groups excluding carboxylic acids is 1. The van der Waals surface area contributed by atoms with Crippen LogP contribution in [-0.2, 0) is 28.5 Å². The molecule has 1 N–H and O–H groups in total. The van der Waals surface area contributed by atoms with E-state index in [1.54, 1.807) is 17.3 Å². The average Bonchev–Trinajstić information content (AvgIpc) is 3.26. The summed E-state index contributed by atoms with van der Waals surface area (Å²) in [5, 5.41) is 2.44. The van der Waals surface area contributed by atoms with Crippen molar-refractivity contribution in [2.24, 2.45) is 0 Å². The van der Waals surface area contributed by atoms with Gasteiger partial charge in [-0.2, -0.15) is 13.2 Å². The van der Waals surface area contributed by atoms with Gasteiger partial charge in [-0.25, -0.2) is 27.3 Å². The summed E-state index contributed by atoms with van der Waals surface area (Å²) in [6.45, 7) is 6.42. The summed E-state index contributed by atoms with van der Waals surface area (Å²) in [6, 6.07) is 8.89. The van der Waals surface area contributed by atoms with Crippen LogP contribution in [0, 0.1) is 5.82 Å². The van der Waals surface area contributed by atoms with Gasteiger partial charge in [0.25, 0.3) is 0 Å². The van der Waals surface area contributed by atoms with E-state index in [1.807, 2.05) is 13.8 Å². The van der Waals surface area contributed by atoms with Crippen molar-refractivity contribution < 1.29 is 31.0 Å². The number of amides is 1. The highest BCUT2D eigenvalue weighted by Gasteiger charge is 2.34. The molecule has 3 atom stereocenters. The summed E-state index contributed by atoms with van der Waals surface area (Å²) in [5.41, 5.74) is 0.455. The number of carbonyl (C=O) groups is 1. The molecule has 7 nitrogen and oxygen atoms in total. The second-order valence-corrected chi connectivity index (χ2v) is 9.15. The van der Waals surface area contributed by atoms with Crippen molar-refractivity contribution in [3.63, 3.8) is 0 Å². The van der Waals surface area contributed by atoms with Crippen LogP contribution in [0.1, 0.15) is 38.6 Å². The van der Waals surface area contributed by atoms with Crippen LogP contribution in [-0.4, -0.2) is 48.6 Å². The second kappa shape index (κ2) is 14.6. The van der Waals surface area contributed by atoms with Crippen LogP contribution in [0.15, 0.2) is 59.9 Å². The van der Waals surface area contributed by atoms with E-state index in [9.17, 15) is 31.0 Å². The van der Waals surface area contributed by atoms with E-state index in [-0.39, 0.29) is 18.4 Å². The highest BCUT2D eigenvalue weighted by atomic mass is 32.2. The number of nitrogens with one attached hydrogen (secondary N) is 1. The first-order valence-corrected chi connectivity index (χ1v) is 12.8. The summed E-state index contributed by atoms with van der Waals surface area (Å²) in [7, 11) is -1.39. The first-order valence-electron chi connectivity index (χ1n) is 11.7. The third kappa shape index (κ3) is 8.62. The minimum atomic E-state index is -4.47. The number of pyridine rings is 1. The Morgan fingerprint density at radius 1 is 1.11 bits per heavy atom. The molecule has 2 aromatic heterocycles. The number of benzene rings is 1. The predicted octanol–water partition coefficient (Wildman–Crippen LogP) is 5.11. The zero-order valence-electron chi connectivity index (χ0n) is 21.0. The van der Waals surface area contributed by atoms with Gasteiger partial charge in [0.05, 0.1) is 28.9 Å². The lowest BCUT2D eigenvalue weighted by atomic mass is 10.1. The minimum absolute atomic E-state index is 0.215. The summed E-state index contributed by atoms with van der Waals surface area (Å²) >= 11 is 0. The summed E-state index contributed by atoms with van der Waals surface area (Å²) in [6.07, 6.45) is -2.08. The van der Waals surface area contributed by atoms with Gasteiger partial charge in [-0.15, -0.1) is 0 Å². The summed E-state index contributed by atoms with van der Waals surface area (Å²) < 4.78 is 76.8. The first kappa shape index (κ1) is 30.9. The van der Waals surface area contributed by atoms with Crippen LogP contribution in [0.2, 0.25) is 0 Å². The molecule has 0 radical (unpaired) electrons. The summed E-state index contributed by atoms with van der Waals surface area (Å²) in [4.78, 5) is 22.0. The van der Waals surface area contributed by atoms with Crippen LogP contribution in [0.4, 0.5) is 22.0 Å². The van der Waals surface area contributed by atoms with Crippen molar-refractivity contribution in [1.82, 2.24) is 24.6 Å². The highest BCUT2D eigenvalue weighted by Crippen LogP contribution is 2.28. The SMILES string of the molecule is CC.CC1C(F)CCN1S(=O)c1ccc(F)cc1.O=CNCc1cc(-c2ccc(C(F)(F)F)nc2)ncn1. The number of rotatable bonds is 6. The largest absolute Gasteiger partial charge is 0.433 e. The van der Waals surface area contributed by atoms with Crippen LogP contribution < -0.4 is 5.32 Å². The van der Waals surface area contributed by atoms with E-state index in [0.29, 0.717) is 41.2 Å². The van der Waals surface area contributed by atoms with Gasteiger partial charge < -0.3 is 5.32 Å². The van der Waals surface area contributed by atoms with E-state index in [2.05, 4.69) is 20.3 Å². The Morgan fingerprint density at radius 3 is 2.32 bits per heavy atom. The maximum atomic E-state index is 13.3. The fourth-order valence-corrected chi connectivity index (χ4v) is 4.65. The molecule has 3 aromatic rings. The molecule has 0 aliphatic carbocycles. The number of nitrogens with zero attached hydrogens (tertiary/aromatic N) is 4. The predicted molar refractivity (Wildman–Crippen MR) is 133 cm³/mol. The Morgan fingerprint density at radius 2 is 1.79 bits per heavy atom. The van der Waals surface area contributed by atoms with Gasteiger partial charge in [0.15, 0.2) is 0 Å². The van der Waals surface area contributed by atoms with Crippen molar-refractivity contribution in [1.29, 1.82) is 0 Å². The van der Waals surface area contributed by atoms with E-state index >= 15 is 0 Å². The van der Waals surface area contributed by atoms with Crippen molar-refractivity contribution in [2.45, 2.75) is 57.0 Å². The molecular weight excluding hydrogens is 529 g/mol. The zero-order chi connectivity index (χ0) is 28.3. The molecular formula is C25H28F5N5O2S. The van der Waals surface area contributed by atoms with Crippen LogP contribution in [0.25, 0.3) is 11.3 Å². The molecule has 0 spiro atoms. The maximum Gasteiger partial charge on any atom is 0.433 e. The number of hydrogen-bond acceptors (Lipinski definition) is 5. The van der Waals surface area contributed by atoms with E-state index < -0.39 is 29.0 Å². The van der Waals surface area contributed by atoms with Crippen LogP contribution >= 0.6 is 0 Å². The molecule has 1 aliphatic rings. The van der Waals surface area contributed by atoms with Gasteiger partial charge in [-0.3, -0.25) is 9.78 Å². The smallest absolute Gasteiger partial charge is 0.353 e. The molecule has 1 aromatic carbocycles. The van der Waals surface area contributed by atoms with Gasteiger partial charge in [0.1, 0.15) is 35.0 Å². The van der Waals surface area contributed by atoms with Gasteiger partial charge in [-0.05, 0) is 55.8 Å². The molecule has 1 aliphatic heterocycles. The first-order chi connectivity index (χ1) is 18.1. The molecule has 206 valence electrons. The lowest BCUT2D eigenvalue weighted by Gasteiger charge is -2.20. The number of hydrogen-bond donors (Lipinski definition) is 1. The molecule has 3 unspecified atom stereocenters. The molecule has 3 heterocycles. The normalized spacial score (nSPS) is 17.9. The lowest BCUT2D eigenvalue weighted by molar-refractivity contribution is -0.141. The third-order valence-electron chi connectivity index (χ3n) is 5.27. The maximum absolute atomic E-state index is 13.3. The van der Waals surface area contributed by atoms with E-state index in [1.165, 1.54) is 36.7 Å². The Hall–Kier alpha value is -3.32. The lowest BCUT2D eigenvalue weighted by Crippen LogP contribution is -2.32. The van der Waals surface area contributed by atoms with Crippen molar-refractivity contribution in [2.75, 3.05) is 6.54 Å². The summed E-state index contributed by atoms with van der Waals surface area (Å²) in [5.74, 6) is -0.362. The fourth-order valence-electron chi connectivity index (χ4n) is 3.31. The standard InChI is InChI=1S/C12H9F3N4O.C11H13F2NOS.C2H6/c13-12(14,15)11-2-1-8(4-17-11)10-3-9(5-16-7-20)18-6-19-10;1-8-11(13)6-7-14(8)16(15)10-4-2-9(12)3-5-10;1-2/h1-4,6-7H,5H2,(H,16,20);2-5,8,11H,6-7H2,1H3;1-2H3. The Kier molecular flexibility index (Phi) is 11.9. The number of aromatic nitrogens is 3. The van der Waals surface area contributed by atoms with Crippen LogP contribution in [0.3, 0.4) is 0 Å². The average molecular weight is 558 g/mol.